The van der Waals surface area contributed by atoms with E-state index >= 15 is 0 Å². The Morgan fingerprint density at radius 3 is 2.86 bits per heavy atom. The van der Waals surface area contributed by atoms with Gasteiger partial charge in [0, 0.05) is 10.6 Å². The second kappa shape index (κ2) is 4.56. The second-order valence-electron chi connectivity index (χ2n) is 5.05. The zero-order valence-electron chi connectivity index (χ0n) is 11.3. The van der Waals surface area contributed by atoms with Gasteiger partial charge in [0.05, 0.1) is 11.7 Å². The first-order chi connectivity index (χ1) is 10.2. The molecule has 5 nitrogen and oxygen atoms in total. The zero-order valence-corrected chi connectivity index (χ0v) is 12.0. The fourth-order valence-electron chi connectivity index (χ4n) is 2.75. The summed E-state index contributed by atoms with van der Waals surface area (Å²) < 4.78 is 1.69. The topological polar surface area (TPSA) is 55.6 Å². The van der Waals surface area contributed by atoms with Gasteiger partial charge in [-0.1, -0.05) is 41.0 Å². The third kappa shape index (κ3) is 1.89. The van der Waals surface area contributed by atoms with Gasteiger partial charge in [-0.05, 0) is 46.7 Å². The minimum absolute atomic E-state index is 0.0154. The minimum Gasteiger partial charge on any atom is -0.342 e. The van der Waals surface area contributed by atoms with E-state index in [1.165, 1.54) is 11.1 Å². The molecule has 0 fully saturated rings. The number of nitrogens with zero attached hydrogens (tertiary/aromatic N) is 4. The summed E-state index contributed by atoms with van der Waals surface area (Å²) in [7, 11) is 0. The van der Waals surface area contributed by atoms with E-state index in [0.717, 1.165) is 11.3 Å². The van der Waals surface area contributed by atoms with Crippen LogP contribution in [0.4, 0.5) is 5.95 Å². The molecule has 1 aliphatic heterocycles. The van der Waals surface area contributed by atoms with Gasteiger partial charge in [-0.15, -0.1) is 0 Å². The van der Waals surface area contributed by atoms with Gasteiger partial charge in [0.2, 0.25) is 5.95 Å². The molecule has 1 atom stereocenters. The van der Waals surface area contributed by atoms with E-state index in [1.54, 1.807) is 4.68 Å². The first-order valence-electron chi connectivity index (χ1n) is 6.64. The van der Waals surface area contributed by atoms with Crippen LogP contribution >= 0.6 is 11.6 Å². The van der Waals surface area contributed by atoms with Crippen molar-refractivity contribution in [2.75, 3.05) is 5.32 Å². The van der Waals surface area contributed by atoms with E-state index in [0.29, 0.717) is 11.0 Å². The Balaban J connectivity index is 1.96. The molecule has 104 valence electrons. The molecule has 6 heteroatoms. The molecule has 3 aromatic rings. The molecule has 1 unspecified atom stereocenters. The maximum atomic E-state index is 6.18. The zero-order chi connectivity index (χ0) is 14.4. The van der Waals surface area contributed by atoms with Crippen LogP contribution in [-0.4, -0.2) is 20.2 Å². The molecule has 1 aromatic heterocycles. The lowest BCUT2D eigenvalue weighted by Crippen LogP contribution is -2.23. The Labute approximate surface area is 126 Å². The molecule has 0 bridgehead atoms. The number of nitrogens with one attached hydrogen (secondary N) is 1. The summed E-state index contributed by atoms with van der Waals surface area (Å²) in [5.41, 5.74) is 4.42. The van der Waals surface area contributed by atoms with E-state index in [4.69, 9.17) is 11.6 Å². The van der Waals surface area contributed by atoms with Gasteiger partial charge >= 0.3 is 0 Å². The quantitative estimate of drug-likeness (QED) is 0.750. The van der Waals surface area contributed by atoms with E-state index in [-0.39, 0.29) is 6.04 Å². The largest absolute Gasteiger partial charge is 0.342 e. The van der Waals surface area contributed by atoms with Crippen molar-refractivity contribution in [3.8, 4) is 5.69 Å². The summed E-state index contributed by atoms with van der Waals surface area (Å²) in [5.74, 6) is 0.637. The minimum atomic E-state index is -0.0154. The normalized spacial score (nSPS) is 16.0. The van der Waals surface area contributed by atoms with E-state index in [1.807, 2.05) is 30.3 Å². The van der Waals surface area contributed by atoms with Crippen LogP contribution in [0.3, 0.4) is 0 Å². The highest BCUT2D eigenvalue weighted by Crippen LogP contribution is 2.37. The van der Waals surface area contributed by atoms with Gasteiger partial charge in [0.1, 0.15) is 0 Å². The number of benzene rings is 2. The number of aromatic nitrogens is 4. The van der Waals surface area contributed by atoms with Crippen molar-refractivity contribution in [1.82, 2.24) is 20.2 Å². The van der Waals surface area contributed by atoms with Crippen LogP contribution in [0.1, 0.15) is 22.7 Å². The summed E-state index contributed by atoms with van der Waals surface area (Å²) in [4.78, 5) is 0. The Bertz CT molecular complexity index is 826. The third-order valence-electron chi connectivity index (χ3n) is 3.77. The van der Waals surface area contributed by atoms with E-state index < -0.39 is 0 Å². The summed E-state index contributed by atoms with van der Waals surface area (Å²) in [6.07, 6.45) is 0. The van der Waals surface area contributed by atoms with Crippen molar-refractivity contribution in [1.29, 1.82) is 0 Å². The molecule has 0 spiro atoms. The molecule has 1 aliphatic rings. The number of halogens is 1. The van der Waals surface area contributed by atoms with Crippen LogP contribution < -0.4 is 5.32 Å². The summed E-state index contributed by atoms with van der Waals surface area (Å²) >= 11 is 6.18. The average Bonchev–Trinajstić information content (AvgIpc) is 2.95. The van der Waals surface area contributed by atoms with Gasteiger partial charge in [-0.25, -0.2) is 0 Å². The Kier molecular flexibility index (Phi) is 2.68. The molecule has 2 heterocycles. The Hall–Kier alpha value is -2.40. The molecule has 0 aliphatic carbocycles. The van der Waals surface area contributed by atoms with Crippen molar-refractivity contribution in [2.24, 2.45) is 0 Å². The standard InChI is InChI=1S/C15H12ClN5/c1-9-4-2-3-5-11(9)14-12-8-10(16)6-7-13(12)21-15(17-14)18-19-20-21/h2-8,14H,1H3,(H,17,18,20). The maximum absolute atomic E-state index is 6.18. The second-order valence-corrected chi connectivity index (χ2v) is 5.49. The molecule has 4 rings (SSSR count). The van der Waals surface area contributed by atoms with Crippen molar-refractivity contribution >= 4 is 17.5 Å². The van der Waals surface area contributed by atoms with Gasteiger partial charge < -0.3 is 5.32 Å². The number of tetrazole rings is 1. The fourth-order valence-corrected chi connectivity index (χ4v) is 2.93. The van der Waals surface area contributed by atoms with E-state index in [9.17, 15) is 0 Å². The Morgan fingerprint density at radius 2 is 2.00 bits per heavy atom. The van der Waals surface area contributed by atoms with Crippen molar-refractivity contribution in [2.45, 2.75) is 13.0 Å². The maximum Gasteiger partial charge on any atom is 0.248 e. The third-order valence-corrected chi connectivity index (χ3v) is 4.01. The fraction of sp³-hybridized carbons (Fsp3) is 0.133. The predicted octanol–water partition coefficient (Wildman–Crippen LogP) is 3.14. The van der Waals surface area contributed by atoms with Gasteiger partial charge in [0.25, 0.3) is 0 Å². The molecule has 0 saturated heterocycles. The highest BCUT2D eigenvalue weighted by Gasteiger charge is 2.28. The highest BCUT2D eigenvalue weighted by molar-refractivity contribution is 6.30. The van der Waals surface area contributed by atoms with Crippen molar-refractivity contribution < 1.29 is 0 Å². The Morgan fingerprint density at radius 1 is 1.14 bits per heavy atom. The first kappa shape index (κ1) is 12.3. The number of aryl methyl sites for hydroxylation is 1. The van der Waals surface area contributed by atoms with E-state index in [2.05, 4.69) is 39.9 Å². The molecule has 0 amide bonds. The number of anilines is 1. The highest BCUT2D eigenvalue weighted by atomic mass is 35.5. The molecular formula is C15H12ClN5. The average molecular weight is 298 g/mol. The number of hydrogen-bond acceptors (Lipinski definition) is 4. The van der Waals surface area contributed by atoms with Crippen molar-refractivity contribution in [3.63, 3.8) is 0 Å². The van der Waals surface area contributed by atoms with Gasteiger partial charge in [-0.2, -0.15) is 4.68 Å². The SMILES string of the molecule is Cc1ccccc1C1Nc2nnnn2-c2ccc(Cl)cc21. The van der Waals surface area contributed by atoms with Crippen LogP contribution in [0.5, 0.6) is 0 Å². The molecule has 0 radical (unpaired) electrons. The summed E-state index contributed by atoms with van der Waals surface area (Å²) in [6, 6.07) is 14.0. The predicted molar refractivity (Wildman–Crippen MR) is 80.8 cm³/mol. The van der Waals surface area contributed by atoms with Crippen molar-refractivity contribution in [3.05, 3.63) is 64.2 Å². The lowest BCUT2D eigenvalue weighted by atomic mass is 9.93. The van der Waals surface area contributed by atoms with Crippen LogP contribution in [0, 0.1) is 6.92 Å². The van der Waals surface area contributed by atoms with Gasteiger partial charge in [0.15, 0.2) is 0 Å². The van der Waals surface area contributed by atoms with Crippen LogP contribution in [0.15, 0.2) is 42.5 Å². The smallest absolute Gasteiger partial charge is 0.248 e. The number of rotatable bonds is 1. The number of fused-ring (bicyclic) bond motifs is 3. The van der Waals surface area contributed by atoms with Crippen LogP contribution in [0.25, 0.3) is 5.69 Å². The van der Waals surface area contributed by atoms with Crippen LogP contribution in [-0.2, 0) is 0 Å². The number of hydrogen-bond donors (Lipinski definition) is 1. The summed E-state index contributed by atoms with van der Waals surface area (Å²) in [6.45, 7) is 2.10. The lowest BCUT2D eigenvalue weighted by Gasteiger charge is -2.28. The molecular weight excluding hydrogens is 286 g/mol. The first-order valence-corrected chi connectivity index (χ1v) is 7.02. The monoisotopic (exact) mass is 297 g/mol. The molecule has 21 heavy (non-hydrogen) atoms. The molecule has 1 N–H and O–H groups in total. The molecule has 0 saturated carbocycles. The van der Waals surface area contributed by atoms with Gasteiger partial charge in [-0.3, -0.25) is 0 Å². The molecule has 2 aromatic carbocycles. The lowest BCUT2D eigenvalue weighted by molar-refractivity contribution is 0.748. The summed E-state index contributed by atoms with van der Waals surface area (Å²) in [5, 5.41) is 15.9. The van der Waals surface area contributed by atoms with Crippen LogP contribution in [0.2, 0.25) is 5.02 Å².